The predicted octanol–water partition coefficient (Wildman–Crippen LogP) is 4.94. The lowest BCUT2D eigenvalue weighted by molar-refractivity contribution is -0.115. The molecule has 9 heteroatoms. The summed E-state index contributed by atoms with van der Waals surface area (Å²) < 4.78 is 7.68. The van der Waals surface area contributed by atoms with Crippen LogP contribution in [0.4, 0.5) is 5.69 Å². The highest BCUT2D eigenvalue weighted by molar-refractivity contribution is 9.10. The van der Waals surface area contributed by atoms with Crippen LogP contribution in [0.2, 0.25) is 0 Å². The molecule has 2 aromatic carbocycles. The number of nitrogens with one attached hydrogen (secondary N) is 1. The minimum atomic E-state index is -0.128. The van der Waals surface area contributed by atoms with E-state index < -0.39 is 0 Å². The number of methoxy groups -OCH3 is 1. The number of anilines is 1. The molecule has 5 rings (SSSR count). The number of hydrogen-bond donors (Lipinski definition) is 1. The molecule has 0 aliphatic carbocycles. The molecule has 190 valence electrons. The number of rotatable bonds is 6. The molecule has 0 radical (unpaired) electrons. The summed E-state index contributed by atoms with van der Waals surface area (Å²) in [5, 5.41) is 8.30. The van der Waals surface area contributed by atoms with Gasteiger partial charge in [-0.25, -0.2) is 4.98 Å². The van der Waals surface area contributed by atoms with Gasteiger partial charge in [-0.3, -0.25) is 14.3 Å². The van der Waals surface area contributed by atoms with E-state index in [-0.39, 0.29) is 18.2 Å². The van der Waals surface area contributed by atoms with Gasteiger partial charge in [0, 0.05) is 42.8 Å². The van der Waals surface area contributed by atoms with Gasteiger partial charge in [-0.05, 0) is 76.7 Å². The Bertz CT molecular complexity index is 1440. The number of ether oxygens (including phenoxy) is 1. The Kier molecular flexibility index (Phi) is 7.23. The molecular weight excluding hydrogens is 534 g/mol. The molecule has 1 N–H and O–H groups in total. The number of fused-ring (bicyclic) bond motifs is 1. The van der Waals surface area contributed by atoms with Gasteiger partial charge in [0.05, 0.1) is 24.7 Å². The molecule has 1 fully saturated rings. The molecular formula is C28H28BrN5O3. The number of carbonyl (C=O) groups is 2. The number of benzene rings is 2. The third kappa shape index (κ3) is 5.51. The van der Waals surface area contributed by atoms with Gasteiger partial charge in [-0.2, -0.15) is 5.10 Å². The van der Waals surface area contributed by atoms with Crippen molar-refractivity contribution in [2.45, 2.75) is 25.2 Å². The van der Waals surface area contributed by atoms with Crippen molar-refractivity contribution in [3.8, 4) is 5.88 Å². The molecule has 8 nitrogen and oxygen atoms in total. The van der Waals surface area contributed by atoms with Crippen molar-refractivity contribution >= 4 is 44.3 Å². The fraction of sp³-hybridized carbons (Fsp3) is 0.286. The molecule has 37 heavy (non-hydrogen) atoms. The minimum Gasteiger partial charge on any atom is -0.481 e. The van der Waals surface area contributed by atoms with Crippen LogP contribution in [0.5, 0.6) is 5.88 Å². The van der Waals surface area contributed by atoms with Gasteiger partial charge in [0.2, 0.25) is 11.8 Å². The standard InChI is InChI=1S/C28H28BrN5O3/c1-33-24-16-20(8-11-23(24)27(29)32-33)28(36)34-14-12-19(13-15-34)18-6-9-21(10-7-18)30-25(35)17-22-4-3-5-26(31-22)37-2/h3-11,16,19H,12-15,17H2,1-2H3,(H,30,35). The summed E-state index contributed by atoms with van der Waals surface area (Å²) in [7, 11) is 3.43. The Balaban J connectivity index is 1.16. The number of aryl methyl sites for hydroxylation is 1. The first-order chi connectivity index (χ1) is 17.9. The van der Waals surface area contributed by atoms with Gasteiger partial charge in [0.25, 0.3) is 5.91 Å². The maximum absolute atomic E-state index is 13.2. The Morgan fingerprint density at radius 2 is 1.84 bits per heavy atom. The zero-order chi connectivity index (χ0) is 25.9. The SMILES string of the molecule is COc1cccc(CC(=O)Nc2ccc(C3CCN(C(=O)c4ccc5c(Br)nn(C)c5c4)CC3)cc2)n1. The third-order valence-electron chi connectivity index (χ3n) is 6.83. The second kappa shape index (κ2) is 10.7. The van der Waals surface area contributed by atoms with E-state index in [1.807, 2.05) is 48.3 Å². The maximum atomic E-state index is 13.2. The van der Waals surface area contributed by atoms with Crippen LogP contribution in [-0.2, 0) is 18.3 Å². The van der Waals surface area contributed by atoms with Crippen LogP contribution in [0.25, 0.3) is 10.9 Å². The Morgan fingerprint density at radius 1 is 1.08 bits per heavy atom. The second-order valence-corrected chi connectivity index (χ2v) is 9.98. The Hall–Kier alpha value is -3.72. The zero-order valence-electron chi connectivity index (χ0n) is 20.8. The number of likely N-dealkylation sites (tertiary alicyclic amines) is 1. The lowest BCUT2D eigenvalue weighted by Gasteiger charge is -2.32. The molecule has 0 spiro atoms. The zero-order valence-corrected chi connectivity index (χ0v) is 22.4. The quantitative estimate of drug-likeness (QED) is 0.360. The van der Waals surface area contributed by atoms with E-state index in [0.717, 1.165) is 34.0 Å². The molecule has 0 atom stereocenters. The highest BCUT2D eigenvalue weighted by Gasteiger charge is 2.25. The number of halogens is 1. The first kappa shape index (κ1) is 25.0. The first-order valence-electron chi connectivity index (χ1n) is 12.2. The first-order valence-corrected chi connectivity index (χ1v) is 13.0. The summed E-state index contributed by atoms with van der Waals surface area (Å²) in [6.45, 7) is 1.42. The summed E-state index contributed by atoms with van der Waals surface area (Å²) in [6.07, 6.45) is 1.98. The normalized spacial score (nSPS) is 14.1. The van der Waals surface area contributed by atoms with Crippen LogP contribution in [0.15, 0.2) is 65.3 Å². The molecule has 3 heterocycles. The molecule has 1 saturated heterocycles. The van der Waals surface area contributed by atoms with Gasteiger partial charge in [0.15, 0.2) is 0 Å². The summed E-state index contributed by atoms with van der Waals surface area (Å²) in [4.78, 5) is 31.8. The highest BCUT2D eigenvalue weighted by Crippen LogP contribution is 2.30. The Morgan fingerprint density at radius 3 is 2.57 bits per heavy atom. The fourth-order valence-corrected chi connectivity index (χ4v) is 5.40. The van der Waals surface area contributed by atoms with E-state index in [1.54, 1.807) is 23.9 Å². The summed E-state index contributed by atoms with van der Waals surface area (Å²) in [6, 6.07) is 19.1. The Labute approximate surface area is 223 Å². The van der Waals surface area contributed by atoms with Crippen LogP contribution < -0.4 is 10.1 Å². The molecule has 1 aliphatic heterocycles. The second-order valence-electron chi connectivity index (χ2n) is 9.23. The number of hydrogen-bond acceptors (Lipinski definition) is 5. The number of nitrogens with zero attached hydrogens (tertiary/aromatic N) is 4. The molecule has 4 aromatic rings. The van der Waals surface area contributed by atoms with E-state index >= 15 is 0 Å². The summed E-state index contributed by atoms with van der Waals surface area (Å²) in [5.74, 6) is 0.800. The molecule has 0 bridgehead atoms. The van der Waals surface area contributed by atoms with E-state index in [1.165, 1.54) is 5.56 Å². The lowest BCUT2D eigenvalue weighted by atomic mass is 9.89. The maximum Gasteiger partial charge on any atom is 0.253 e. The van der Waals surface area contributed by atoms with Crippen molar-refractivity contribution in [1.29, 1.82) is 0 Å². The van der Waals surface area contributed by atoms with Crippen LogP contribution in [0.3, 0.4) is 0 Å². The van der Waals surface area contributed by atoms with Crippen molar-refractivity contribution < 1.29 is 14.3 Å². The van der Waals surface area contributed by atoms with Gasteiger partial charge < -0.3 is 15.0 Å². The van der Waals surface area contributed by atoms with Crippen LogP contribution in [0.1, 0.15) is 40.4 Å². The number of carbonyl (C=O) groups excluding carboxylic acids is 2. The molecule has 0 saturated carbocycles. The molecule has 0 unspecified atom stereocenters. The van der Waals surface area contributed by atoms with Gasteiger partial charge in [-0.15, -0.1) is 0 Å². The lowest BCUT2D eigenvalue weighted by Crippen LogP contribution is -2.37. The predicted molar refractivity (Wildman–Crippen MR) is 146 cm³/mol. The fourth-order valence-electron chi connectivity index (χ4n) is 4.82. The monoisotopic (exact) mass is 561 g/mol. The number of piperidine rings is 1. The van der Waals surface area contributed by atoms with Crippen molar-refractivity contribution in [2.24, 2.45) is 7.05 Å². The van der Waals surface area contributed by atoms with Crippen LogP contribution in [0, 0.1) is 0 Å². The molecule has 2 amide bonds. The van der Waals surface area contributed by atoms with Crippen LogP contribution in [-0.4, -0.2) is 51.7 Å². The van der Waals surface area contributed by atoms with Crippen LogP contribution >= 0.6 is 15.9 Å². The van der Waals surface area contributed by atoms with Gasteiger partial charge in [-0.1, -0.05) is 18.2 Å². The van der Waals surface area contributed by atoms with Crippen molar-refractivity contribution in [1.82, 2.24) is 19.7 Å². The van der Waals surface area contributed by atoms with Gasteiger partial charge in [0.1, 0.15) is 4.60 Å². The van der Waals surface area contributed by atoms with Crippen molar-refractivity contribution in [3.63, 3.8) is 0 Å². The van der Waals surface area contributed by atoms with Crippen molar-refractivity contribution in [2.75, 3.05) is 25.5 Å². The highest BCUT2D eigenvalue weighted by atomic mass is 79.9. The third-order valence-corrected chi connectivity index (χ3v) is 7.42. The molecule has 1 aliphatic rings. The topological polar surface area (TPSA) is 89.4 Å². The van der Waals surface area contributed by atoms with E-state index in [0.29, 0.717) is 36.1 Å². The smallest absolute Gasteiger partial charge is 0.253 e. The number of aromatic nitrogens is 3. The van der Waals surface area contributed by atoms with E-state index in [2.05, 4.69) is 43.5 Å². The van der Waals surface area contributed by atoms with E-state index in [4.69, 9.17) is 4.74 Å². The minimum absolute atomic E-state index is 0.0567. The largest absolute Gasteiger partial charge is 0.481 e. The number of pyridine rings is 1. The molecule has 2 aromatic heterocycles. The average Bonchev–Trinajstić information content (AvgIpc) is 3.21. The number of amides is 2. The summed E-state index contributed by atoms with van der Waals surface area (Å²) in [5.41, 5.74) is 4.25. The van der Waals surface area contributed by atoms with Gasteiger partial charge >= 0.3 is 0 Å². The average molecular weight is 562 g/mol. The van der Waals surface area contributed by atoms with E-state index in [9.17, 15) is 9.59 Å². The summed E-state index contributed by atoms with van der Waals surface area (Å²) >= 11 is 3.46. The van der Waals surface area contributed by atoms with Crippen molar-refractivity contribution in [3.05, 3.63) is 82.1 Å².